The SMILES string of the molecule is CCOc1ccc(-n2nnc(N)c2C)cc1. The fourth-order valence-electron chi connectivity index (χ4n) is 1.44. The second-order valence-corrected chi connectivity index (χ2v) is 3.40. The van der Waals surface area contributed by atoms with Crippen molar-refractivity contribution < 1.29 is 4.74 Å². The molecule has 1 aromatic carbocycles. The Bertz CT molecular complexity index is 475. The van der Waals surface area contributed by atoms with Crippen LogP contribution in [0.15, 0.2) is 24.3 Å². The van der Waals surface area contributed by atoms with E-state index in [9.17, 15) is 0 Å². The minimum atomic E-state index is 0.453. The average Bonchev–Trinajstić information content (AvgIpc) is 2.62. The van der Waals surface area contributed by atoms with Gasteiger partial charge in [0.25, 0.3) is 0 Å². The van der Waals surface area contributed by atoms with E-state index in [2.05, 4.69) is 10.3 Å². The molecule has 5 nitrogen and oxygen atoms in total. The van der Waals surface area contributed by atoms with Gasteiger partial charge in [-0.1, -0.05) is 5.21 Å². The lowest BCUT2D eigenvalue weighted by Crippen LogP contribution is -2.00. The minimum Gasteiger partial charge on any atom is -0.494 e. The zero-order valence-electron chi connectivity index (χ0n) is 9.34. The first-order valence-corrected chi connectivity index (χ1v) is 5.13. The van der Waals surface area contributed by atoms with Gasteiger partial charge >= 0.3 is 0 Å². The molecule has 0 amide bonds. The molecular formula is C11H14N4O. The number of nitrogens with zero attached hydrogens (tertiary/aromatic N) is 3. The number of rotatable bonds is 3. The molecule has 5 heteroatoms. The van der Waals surface area contributed by atoms with Crippen LogP contribution in [0.4, 0.5) is 5.82 Å². The van der Waals surface area contributed by atoms with Crippen molar-refractivity contribution in [3.05, 3.63) is 30.0 Å². The number of anilines is 1. The van der Waals surface area contributed by atoms with Crippen LogP contribution in [-0.4, -0.2) is 21.6 Å². The molecule has 0 unspecified atom stereocenters. The van der Waals surface area contributed by atoms with Crippen LogP contribution in [-0.2, 0) is 0 Å². The fraction of sp³-hybridized carbons (Fsp3) is 0.273. The summed E-state index contributed by atoms with van der Waals surface area (Å²) in [6, 6.07) is 7.64. The summed E-state index contributed by atoms with van der Waals surface area (Å²) in [5.41, 5.74) is 7.40. The van der Waals surface area contributed by atoms with Crippen molar-refractivity contribution in [3.8, 4) is 11.4 Å². The number of hydrogen-bond donors (Lipinski definition) is 1. The van der Waals surface area contributed by atoms with E-state index < -0.39 is 0 Å². The van der Waals surface area contributed by atoms with E-state index in [1.165, 1.54) is 0 Å². The van der Waals surface area contributed by atoms with Crippen molar-refractivity contribution in [2.24, 2.45) is 0 Å². The van der Waals surface area contributed by atoms with Crippen LogP contribution in [0.2, 0.25) is 0 Å². The van der Waals surface area contributed by atoms with Crippen LogP contribution in [0.25, 0.3) is 5.69 Å². The van der Waals surface area contributed by atoms with Crippen LogP contribution in [0.1, 0.15) is 12.6 Å². The zero-order chi connectivity index (χ0) is 11.5. The molecule has 0 aliphatic heterocycles. The van der Waals surface area contributed by atoms with Crippen LogP contribution >= 0.6 is 0 Å². The molecule has 0 aliphatic rings. The smallest absolute Gasteiger partial charge is 0.169 e. The third kappa shape index (κ3) is 1.84. The predicted octanol–water partition coefficient (Wildman–Crippen LogP) is 1.56. The summed E-state index contributed by atoms with van der Waals surface area (Å²) < 4.78 is 7.06. The largest absolute Gasteiger partial charge is 0.494 e. The van der Waals surface area contributed by atoms with E-state index in [4.69, 9.17) is 10.5 Å². The Morgan fingerprint density at radius 1 is 1.31 bits per heavy atom. The van der Waals surface area contributed by atoms with Gasteiger partial charge < -0.3 is 10.5 Å². The number of nitrogens with two attached hydrogens (primary N) is 1. The lowest BCUT2D eigenvalue weighted by atomic mass is 10.3. The molecule has 0 saturated carbocycles. The Hall–Kier alpha value is -2.04. The summed E-state index contributed by atoms with van der Waals surface area (Å²) in [6.07, 6.45) is 0. The van der Waals surface area contributed by atoms with E-state index in [1.54, 1.807) is 4.68 Å². The van der Waals surface area contributed by atoms with E-state index >= 15 is 0 Å². The van der Waals surface area contributed by atoms with Crippen LogP contribution in [0, 0.1) is 6.92 Å². The van der Waals surface area contributed by atoms with Crippen molar-refractivity contribution in [2.75, 3.05) is 12.3 Å². The molecule has 2 aromatic rings. The van der Waals surface area contributed by atoms with Gasteiger partial charge in [0, 0.05) is 0 Å². The van der Waals surface area contributed by atoms with E-state index in [-0.39, 0.29) is 0 Å². The normalized spacial score (nSPS) is 10.4. The highest BCUT2D eigenvalue weighted by Crippen LogP contribution is 2.17. The topological polar surface area (TPSA) is 66.0 Å². The quantitative estimate of drug-likeness (QED) is 0.849. The van der Waals surface area contributed by atoms with Gasteiger partial charge in [-0.25, -0.2) is 4.68 Å². The Balaban J connectivity index is 2.31. The molecule has 0 spiro atoms. The molecule has 0 fully saturated rings. The zero-order valence-corrected chi connectivity index (χ0v) is 9.34. The summed E-state index contributed by atoms with van der Waals surface area (Å²) in [4.78, 5) is 0. The van der Waals surface area contributed by atoms with Gasteiger partial charge in [-0.05, 0) is 38.1 Å². The monoisotopic (exact) mass is 218 g/mol. The summed E-state index contributed by atoms with van der Waals surface area (Å²) in [5, 5.41) is 7.77. The molecule has 1 aromatic heterocycles. The van der Waals surface area contributed by atoms with Gasteiger partial charge in [0.05, 0.1) is 18.0 Å². The van der Waals surface area contributed by atoms with Gasteiger partial charge in [-0.2, -0.15) is 0 Å². The molecule has 16 heavy (non-hydrogen) atoms. The highest BCUT2D eigenvalue weighted by molar-refractivity contribution is 5.42. The predicted molar refractivity (Wildman–Crippen MR) is 61.7 cm³/mol. The van der Waals surface area contributed by atoms with E-state index in [1.807, 2.05) is 38.1 Å². The van der Waals surface area contributed by atoms with Gasteiger partial charge in [0.1, 0.15) is 5.75 Å². The Morgan fingerprint density at radius 3 is 2.50 bits per heavy atom. The molecule has 2 rings (SSSR count). The Morgan fingerprint density at radius 2 is 2.00 bits per heavy atom. The molecule has 0 bridgehead atoms. The fourth-order valence-corrected chi connectivity index (χ4v) is 1.44. The number of ether oxygens (including phenoxy) is 1. The summed E-state index contributed by atoms with van der Waals surface area (Å²) in [5.74, 6) is 1.30. The first-order chi connectivity index (χ1) is 7.72. The van der Waals surface area contributed by atoms with Crippen molar-refractivity contribution in [2.45, 2.75) is 13.8 Å². The third-order valence-corrected chi connectivity index (χ3v) is 2.32. The second-order valence-electron chi connectivity index (χ2n) is 3.40. The highest BCUT2D eigenvalue weighted by atomic mass is 16.5. The van der Waals surface area contributed by atoms with Crippen LogP contribution < -0.4 is 10.5 Å². The first kappa shape index (κ1) is 10.5. The molecule has 0 radical (unpaired) electrons. The number of nitrogen functional groups attached to an aromatic ring is 1. The molecule has 0 aliphatic carbocycles. The van der Waals surface area contributed by atoms with Crippen LogP contribution in [0.5, 0.6) is 5.75 Å². The minimum absolute atomic E-state index is 0.453. The average molecular weight is 218 g/mol. The number of benzene rings is 1. The van der Waals surface area contributed by atoms with Gasteiger partial charge in [0.15, 0.2) is 5.82 Å². The number of hydrogen-bond acceptors (Lipinski definition) is 4. The Kier molecular flexibility index (Phi) is 2.76. The standard InChI is InChI=1S/C11H14N4O/c1-3-16-10-6-4-9(5-7-10)15-8(2)11(12)13-14-15/h4-7H,3,12H2,1-2H3. The van der Waals surface area contributed by atoms with Crippen molar-refractivity contribution in [1.29, 1.82) is 0 Å². The summed E-state index contributed by atoms with van der Waals surface area (Å²) in [6.45, 7) is 4.50. The Labute approximate surface area is 93.8 Å². The lowest BCUT2D eigenvalue weighted by molar-refractivity contribution is 0.340. The van der Waals surface area contributed by atoms with Gasteiger partial charge in [-0.15, -0.1) is 5.10 Å². The summed E-state index contributed by atoms with van der Waals surface area (Å²) in [7, 11) is 0. The summed E-state index contributed by atoms with van der Waals surface area (Å²) >= 11 is 0. The molecular weight excluding hydrogens is 204 g/mol. The lowest BCUT2D eigenvalue weighted by Gasteiger charge is -2.05. The molecule has 1 heterocycles. The van der Waals surface area contributed by atoms with E-state index in [0.29, 0.717) is 12.4 Å². The molecule has 2 N–H and O–H groups in total. The first-order valence-electron chi connectivity index (χ1n) is 5.13. The molecule has 0 atom stereocenters. The maximum absolute atomic E-state index is 5.64. The van der Waals surface area contributed by atoms with Crippen LogP contribution in [0.3, 0.4) is 0 Å². The van der Waals surface area contributed by atoms with E-state index in [0.717, 1.165) is 17.1 Å². The van der Waals surface area contributed by atoms with Gasteiger partial charge in [-0.3, -0.25) is 0 Å². The molecule has 84 valence electrons. The maximum Gasteiger partial charge on any atom is 0.169 e. The third-order valence-electron chi connectivity index (χ3n) is 2.32. The van der Waals surface area contributed by atoms with Crippen molar-refractivity contribution >= 4 is 5.82 Å². The highest BCUT2D eigenvalue weighted by Gasteiger charge is 2.06. The van der Waals surface area contributed by atoms with Gasteiger partial charge in [0.2, 0.25) is 0 Å². The molecule has 0 saturated heterocycles. The number of aromatic nitrogens is 3. The van der Waals surface area contributed by atoms with Crippen molar-refractivity contribution in [1.82, 2.24) is 15.0 Å². The van der Waals surface area contributed by atoms with Crippen molar-refractivity contribution in [3.63, 3.8) is 0 Å². The maximum atomic E-state index is 5.64. The second kappa shape index (κ2) is 4.22.